The summed E-state index contributed by atoms with van der Waals surface area (Å²) in [5.74, 6) is -1.07. The summed E-state index contributed by atoms with van der Waals surface area (Å²) in [6.45, 7) is 2.26. The second-order valence-electron chi connectivity index (χ2n) is 6.47. The van der Waals surface area contributed by atoms with Crippen molar-refractivity contribution in [1.29, 1.82) is 0 Å². The number of oxazole rings is 1. The highest BCUT2D eigenvalue weighted by atomic mass is 16.7. The van der Waals surface area contributed by atoms with Crippen molar-refractivity contribution >= 4 is 11.9 Å². The number of nitrogens with zero attached hydrogens (tertiary/aromatic N) is 2. The van der Waals surface area contributed by atoms with Crippen LogP contribution in [0.5, 0.6) is 0 Å². The van der Waals surface area contributed by atoms with Crippen molar-refractivity contribution in [2.24, 2.45) is 0 Å². The van der Waals surface area contributed by atoms with Gasteiger partial charge in [0, 0.05) is 31.5 Å². The van der Waals surface area contributed by atoms with Gasteiger partial charge in [-0.25, -0.2) is 9.78 Å². The number of rotatable bonds is 3. The van der Waals surface area contributed by atoms with Gasteiger partial charge in [-0.05, 0) is 6.07 Å². The molecule has 0 unspecified atom stereocenters. The van der Waals surface area contributed by atoms with Crippen molar-refractivity contribution in [2.75, 3.05) is 33.4 Å². The van der Waals surface area contributed by atoms with E-state index in [1.165, 1.54) is 13.5 Å². The molecule has 8 nitrogen and oxygen atoms in total. The van der Waals surface area contributed by atoms with E-state index in [0.717, 1.165) is 0 Å². The number of amides is 1. The molecule has 1 spiro atoms. The molecule has 8 heteroatoms. The fraction of sp³-hybridized carbons (Fsp3) is 0.421. The highest BCUT2D eigenvalue weighted by Crippen LogP contribution is 2.33. The molecular formula is C19H20N2O6. The lowest BCUT2D eigenvalue weighted by Crippen LogP contribution is -2.47. The van der Waals surface area contributed by atoms with E-state index in [2.05, 4.69) is 4.98 Å². The Balaban J connectivity index is 1.59. The SMILES string of the molecule is COC(=O)c1ncoc1-c1ccccc1C(=O)N1CCC2(CC1)OCCO2. The van der Waals surface area contributed by atoms with Gasteiger partial charge >= 0.3 is 5.97 Å². The third-order valence-electron chi connectivity index (χ3n) is 4.97. The number of aromatic nitrogens is 1. The molecule has 2 aliphatic heterocycles. The van der Waals surface area contributed by atoms with E-state index < -0.39 is 11.8 Å². The minimum Gasteiger partial charge on any atom is -0.464 e. The summed E-state index contributed by atoms with van der Waals surface area (Å²) < 4.78 is 21.6. The molecule has 2 fully saturated rings. The topological polar surface area (TPSA) is 91.1 Å². The molecule has 2 aromatic rings. The standard InChI is InChI=1S/C19H20N2O6/c1-24-18(23)15-16(25-12-20-15)13-4-2-3-5-14(13)17(22)21-8-6-19(7-9-21)26-10-11-27-19/h2-5,12H,6-11H2,1H3. The lowest BCUT2D eigenvalue weighted by Gasteiger charge is -2.37. The van der Waals surface area contributed by atoms with Crippen LogP contribution in [0.4, 0.5) is 0 Å². The van der Waals surface area contributed by atoms with E-state index in [1.807, 2.05) is 0 Å². The summed E-state index contributed by atoms with van der Waals surface area (Å²) in [7, 11) is 1.27. The molecule has 0 saturated carbocycles. The molecule has 27 heavy (non-hydrogen) atoms. The molecule has 2 saturated heterocycles. The Labute approximate surface area is 156 Å². The predicted molar refractivity (Wildman–Crippen MR) is 93.1 cm³/mol. The highest BCUT2D eigenvalue weighted by molar-refractivity contribution is 6.03. The van der Waals surface area contributed by atoms with Crippen LogP contribution in [0, 0.1) is 0 Å². The van der Waals surface area contributed by atoms with Crippen LogP contribution in [0.2, 0.25) is 0 Å². The van der Waals surface area contributed by atoms with E-state index in [1.54, 1.807) is 29.2 Å². The molecule has 2 aliphatic rings. The van der Waals surface area contributed by atoms with Gasteiger partial charge in [0.05, 0.1) is 25.9 Å². The molecule has 3 heterocycles. The van der Waals surface area contributed by atoms with Crippen LogP contribution in [-0.2, 0) is 14.2 Å². The summed E-state index contributed by atoms with van der Waals surface area (Å²) in [4.78, 5) is 30.8. The first kappa shape index (κ1) is 17.7. The molecule has 1 aromatic heterocycles. The number of carbonyl (C=O) groups is 2. The van der Waals surface area contributed by atoms with Gasteiger partial charge in [-0.15, -0.1) is 0 Å². The summed E-state index contributed by atoms with van der Waals surface area (Å²) >= 11 is 0. The molecular weight excluding hydrogens is 352 g/mol. The molecule has 1 amide bonds. The van der Waals surface area contributed by atoms with E-state index in [0.29, 0.717) is 50.3 Å². The Morgan fingerprint density at radius 3 is 2.56 bits per heavy atom. The summed E-state index contributed by atoms with van der Waals surface area (Å²) in [5, 5.41) is 0. The van der Waals surface area contributed by atoms with Gasteiger partial charge in [-0.3, -0.25) is 4.79 Å². The number of hydrogen-bond acceptors (Lipinski definition) is 7. The smallest absolute Gasteiger partial charge is 0.360 e. The normalized spacial score (nSPS) is 18.6. The van der Waals surface area contributed by atoms with Gasteiger partial charge in [0.25, 0.3) is 5.91 Å². The number of benzene rings is 1. The zero-order valence-corrected chi connectivity index (χ0v) is 15.0. The van der Waals surface area contributed by atoms with Gasteiger partial charge in [0.2, 0.25) is 0 Å². The predicted octanol–water partition coefficient (Wildman–Crippen LogP) is 2.11. The second-order valence-corrected chi connectivity index (χ2v) is 6.47. The van der Waals surface area contributed by atoms with Crippen molar-refractivity contribution in [3.63, 3.8) is 0 Å². The van der Waals surface area contributed by atoms with Crippen molar-refractivity contribution in [3.05, 3.63) is 41.9 Å². The van der Waals surface area contributed by atoms with Crippen LogP contribution in [0.25, 0.3) is 11.3 Å². The zero-order chi connectivity index (χ0) is 18.9. The van der Waals surface area contributed by atoms with Gasteiger partial charge in [0.1, 0.15) is 0 Å². The third kappa shape index (κ3) is 3.22. The maximum Gasteiger partial charge on any atom is 0.360 e. The van der Waals surface area contributed by atoms with E-state index in [9.17, 15) is 9.59 Å². The summed E-state index contributed by atoms with van der Waals surface area (Å²) in [5.41, 5.74) is 1.00. The highest BCUT2D eigenvalue weighted by Gasteiger charge is 2.41. The first-order valence-corrected chi connectivity index (χ1v) is 8.82. The lowest BCUT2D eigenvalue weighted by atomic mass is 9.99. The molecule has 0 aliphatic carbocycles. The third-order valence-corrected chi connectivity index (χ3v) is 4.97. The molecule has 142 valence electrons. The number of hydrogen-bond donors (Lipinski definition) is 0. The van der Waals surface area contributed by atoms with Gasteiger partial charge in [-0.2, -0.15) is 0 Å². The van der Waals surface area contributed by atoms with Crippen LogP contribution in [0.1, 0.15) is 33.7 Å². The first-order chi connectivity index (χ1) is 13.1. The second kappa shape index (κ2) is 7.13. The quantitative estimate of drug-likeness (QED) is 0.762. The Morgan fingerprint density at radius 1 is 1.15 bits per heavy atom. The Bertz CT molecular complexity index is 845. The van der Waals surface area contributed by atoms with E-state index in [-0.39, 0.29) is 17.4 Å². The number of ether oxygens (including phenoxy) is 3. The number of piperidine rings is 1. The molecule has 0 radical (unpaired) electrons. The fourth-order valence-corrected chi connectivity index (χ4v) is 3.55. The fourth-order valence-electron chi connectivity index (χ4n) is 3.55. The first-order valence-electron chi connectivity index (χ1n) is 8.82. The monoisotopic (exact) mass is 372 g/mol. The average Bonchev–Trinajstić information content (AvgIpc) is 3.37. The number of methoxy groups -OCH3 is 1. The molecule has 4 rings (SSSR count). The Morgan fingerprint density at radius 2 is 1.85 bits per heavy atom. The Hall–Kier alpha value is -2.71. The maximum atomic E-state index is 13.1. The van der Waals surface area contributed by atoms with Gasteiger partial charge in [-0.1, -0.05) is 18.2 Å². The van der Waals surface area contributed by atoms with Crippen molar-refractivity contribution in [2.45, 2.75) is 18.6 Å². The minimum absolute atomic E-state index is 0.0445. The zero-order valence-electron chi connectivity index (χ0n) is 15.0. The van der Waals surface area contributed by atoms with Crippen molar-refractivity contribution in [1.82, 2.24) is 9.88 Å². The van der Waals surface area contributed by atoms with Crippen LogP contribution in [-0.4, -0.2) is 61.0 Å². The molecule has 0 bridgehead atoms. The number of likely N-dealkylation sites (tertiary alicyclic amines) is 1. The van der Waals surface area contributed by atoms with Crippen molar-refractivity contribution in [3.8, 4) is 11.3 Å². The van der Waals surface area contributed by atoms with Crippen LogP contribution in [0.3, 0.4) is 0 Å². The minimum atomic E-state index is -0.614. The molecule has 0 N–H and O–H groups in total. The number of carbonyl (C=O) groups excluding carboxylic acids is 2. The van der Waals surface area contributed by atoms with Crippen LogP contribution in [0.15, 0.2) is 35.1 Å². The van der Waals surface area contributed by atoms with Gasteiger partial charge in [0.15, 0.2) is 23.6 Å². The molecule has 1 aromatic carbocycles. The molecule has 0 atom stereocenters. The maximum absolute atomic E-state index is 13.1. The van der Waals surface area contributed by atoms with E-state index in [4.69, 9.17) is 18.6 Å². The van der Waals surface area contributed by atoms with Crippen LogP contribution >= 0.6 is 0 Å². The van der Waals surface area contributed by atoms with Gasteiger partial charge < -0.3 is 23.5 Å². The summed E-state index contributed by atoms with van der Waals surface area (Å²) in [6, 6.07) is 7.00. The van der Waals surface area contributed by atoms with E-state index >= 15 is 0 Å². The average molecular weight is 372 g/mol. The largest absolute Gasteiger partial charge is 0.464 e. The Kier molecular flexibility index (Phi) is 4.67. The lowest BCUT2D eigenvalue weighted by molar-refractivity contribution is -0.181. The summed E-state index contributed by atoms with van der Waals surface area (Å²) in [6.07, 6.45) is 2.44. The van der Waals surface area contributed by atoms with Crippen LogP contribution < -0.4 is 0 Å². The number of esters is 1. The van der Waals surface area contributed by atoms with Crippen molar-refractivity contribution < 1.29 is 28.2 Å².